The fourth-order valence-electron chi connectivity index (χ4n) is 9.09. The molecule has 0 spiro atoms. The first-order valence-corrected chi connectivity index (χ1v) is 20.5. The SMILES string of the molecule is Cc1ccc(S(=O)(=O)N[C@H](Cc2ccccc2)C(=O)Nc2cccc([C@H]3O[C@@H](CN4CC5(C)CC4CC(C)(C)C5)C[C@@H](c4ccc(CO)cc4)O3)c2)cc1. The lowest BCUT2D eigenvalue weighted by Gasteiger charge is -2.41. The van der Waals surface area contributed by atoms with Crippen LogP contribution in [0.25, 0.3) is 0 Å². The second kappa shape index (κ2) is 15.7. The zero-order valence-corrected chi connectivity index (χ0v) is 32.5. The number of anilines is 1. The molecule has 286 valence electrons. The molecule has 3 fully saturated rings. The summed E-state index contributed by atoms with van der Waals surface area (Å²) in [4.78, 5) is 16.7. The van der Waals surface area contributed by atoms with Crippen LogP contribution in [0.1, 0.15) is 86.7 Å². The summed E-state index contributed by atoms with van der Waals surface area (Å²) in [5, 5.41) is 12.6. The van der Waals surface area contributed by atoms with Gasteiger partial charge in [0.1, 0.15) is 6.04 Å². The van der Waals surface area contributed by atoms with Crippen LogP contribution in [-0.2, 0) is 37.3 Å². The van der Waals surface area contributed by atoms with Gasteiger partial charge in [0.25, 0.3) is 0 Å². The van der Waals surface area contributed by atoms with Crippen LogP contribution in [0.4, 0.5) is 5.69 Å². The number of nitrogens with zero attached hydrogens (tertiary/aromatic N) is 1. The van der Waals surface area contributed by atoms with Crippen molar-refractivity contribution >= 4 is 21.6 Å². The summed E-state index contributed by atoms with van der Waals surface area (Å²) in [5.41, 5.74) is 5.50. The highest BCUT2D eigenvalue weighted by Gasteiger charge is 2.50. The van der Waals surface area contributed by atoms with Gasteiger partial charge in [-0.05, 0) is 84.4 Å². The first-order chi connectivity index (χ1) is 25.8. The van der Waals surface area contributed by atoms with Crippen molar-refractivity contribution in [1.82, 2.24) is 9.62 Å². The molecule has 54 heavy (non-hydrogen) atoms. The van der Waals surface area contributed by atoms with E-state index in [0.29, 0.717) is 29.0 Å². The number of hydrogen-bond donors (Lipinski definition) is 3. The summed E-state index contributed by atoms with van der Waals surface area (Å²) >= 11 is 0. The molecule has 1 saturated carbocycles. The Morgan fingerprint density at radius 3 is 2.35 bits per heavy atom. The zero-order chi connectivity index (χ0) is 38.1. The highest BCUT2D eigenvalue weighted by atomic mass is 32.2. The smallest absolute Gasteiger partial charge is 0.242 e. The zero-order valence-electron chi connectivity index (χ0n) is 31.7. The molecule has 4 aromatic carbocycles. The summed E-state index contributed by atoms with van der Waals surface area (Å²) in [5.74, 6) is -0.478. The number of nitrogens with one attached hydrogen (secondary N) is 2. The van der Waals surface area contributed by atoms with Crippen LogP contribution in [-0.4, -0.2) is 55.6 Å². The van der Waals surface area contributed by atoms with Crippen LogP contribution in [0.3, 0.4) is 0 Å². The van der Waals surface area contributed by atoms with Crippen LogP contribution in [0.15, 0.2) is 108 Å². The van der Waals surface area contributed by atoms with Gasteiger partial charge >= 0.3 is 0 Å². The van der Waals surface area contributed by atoms with E-state index in [0.717, 1.165) is 40.9 Å². The Hall–Kier alpha value is -3.90. The molecule has 1 amide bonds. The largest absolute Gasteiger partial charge is 0.392 e. The van der Waals surface area contributed by atoms with Crippen molar-refractivity contribution < 1.29 is 27.8 Å². The van der Waals surface area contributed by atoms with E-state index in [1.165, 1.54) is 19.3 Å². The van der Waals surface area contributed by atoms with E-state index in [4.69, 9.17) is 9.47 Å². The van der Waals surface area contributed by atoms with E-state index in [-0.39, 0.29) is 30.1 Å². The van der Waals surface area contributed by atoms with Gasteiger partial charge in [0.15, 0.2) is 6.29 Å². The molecule has 2 bridgehead atoms. The van der Waals surface area contributed by atoms with Crippen LogP contribution < -0.4 is 10.0 Å². The van der Waals surface area contributed by atoms with E-state index in [1.54, 1.807) is 30.3 Å². The average Bonchev–Trinajstić information content (AvgIpc) is 3.38. The van der Waals surface area contributed by atoms with Crippen molar-refractivity contribution in [2.24, 2.45) is 10.8 Å². The van der Waals surface area contributed by atoms with E-state index < -0.39 is 28.3 Å². The summed E-state index contributed by atoms with van der Waals surface area (Å²) in [6.07, 6.45) is 3.44. The highest BCUT2D eigenvalue weighted by Crippen LogP contribution is 2.53. The number of hydrogen-bond acceptors (Lipinski definition) is 7. The van der Waals surface area contributed by atoms with Gasteiger partial charge in [0.05, 0.1) is 23.7 Å². The summed E-state index contributed by atoms with van der Waals surface area (Å²) in [6, 6.07) is 30.7. The van der Waals surface area contributed by atoms with Crippen LogP contribution in [0, 0.1) is 17.8 Å². The Morgan fingerprint density at radius 2 is 1.63 bits per heavy atom. The van der Waals surface area contributed by atoms with Crippen molar-refractivity contribution in [2.45, 2.75) is 102 Å². The molecule has 2 saturated heterocycles. The molecular weight excluding hydrogens is 699 g/mol. The van der Waals surface area contributed by atoms with Gasteiger partial charge in [-0.1, -0.05) is 105 Å². The maximum absolute atomic E-state index is 13.9. The quantitative estimate of drug-likeness (QED) is 0.138. The lowest BCUT2D eigenvalue weighted by molar-refractivity contribution is -0.253. The maximum atomic E-state index is 13.9. The van der Waals surface area contributed by atoms with Gasteiger partial charge in [-0.15, -0.1) is 0 Å². The fraction of sp³-hybridized carbons (Fsp3) is 0.432. The number of likely N-dealkylation sites (tertiary alicyclic amines) is 1. The molecule has 9 nitrogen and oxygen atoms in total. The molecular formula is C44H53N3O6S. The van der Waals surface area contributed by atoms with E-state index in [2.05, 4.69) is 35.7 Å². The number of ether oxygens (including phenoxy) is 2. The predicted molar refractivity (Wildman–Crippen MR) is 210 cm³/mol. The van der Waals surface area contributed by atoms with Gasteiger partial charge in [0, 0.05) is 36.8 Å². The molecule has 10 heteroatoms. The Labute approximate surface area is 320 Å². The Bertz CT molecular complexity index is 2020. The molecule has 6 atom stereocenters. The first-order valence-electron chi connectivity index (χ1n) is 19.0. The van der Waals surface area contributed by atoms with E-state index >= 15 is 0 Å². The van der Waals surface area contributed by atoms with Crippen molar-refractivity contribution in [3.8, 4) is 0 Å². The number of carbonyl (C=O) groups is 1. The molecule has 2 unspecified atom stereocenters. The molecule has 2 heterocycles. The first kappa shape index (κ1) is 38.4. The topological polar surface area (TPSA) is 117 Å². The molecule has 0 radical (unpaired) electrons. The molecule has 2 aliphatic heterocycles. The van der Waals surface area contributed by atoms with E-state index in [9.17, 15) is 18.3 Å². The van der Waals surface area contributed by atoms with Gasteiger partial charge in [-0.25, -0.2) is 8.42 Å². The second-order valence-electron chi connectivity index (χ2n) is 16.8. The van der Waals surface area contributed by atoms with Crippen molar-refractivity contribution in [2.75, 3.05) is 18.4 Å². The van der Waals surface area contributed by atoms with E-state index in [1.807, 2.05) is 79.7 Å². The maximum Gasteiger partial charge on any atom is 0.242 e. The molecule has 4 aromatic rings. The molecule has 7 rings (SSSR count). The Morgan fingerprint density at radius 1 is 0.889 bits per heavy atom. The number of amides is 1. The summed E-state index contributed by atoms with van der Waals surface area (Å²) < 4.78 is 43.0. The number of carbonyl (C=O) groups excluding carboxylic acids is 1. The minimum absolute atomic E-state index is 0.0241. The molecule has 0 aromatic heterocycles. The van der Waals surface area contributed by atoms with Crippen molar-refractivity contribution in [3.05, 3.63) is 131 Å². The lowest BCUT2D eigenvalue weighted by Crippen LogP contribution is -2.45. The third-order valence-corrected chi connectivity index (χ3v) is 12.7. The van der Waals surface area contributed by atoms with Crippen LogP contribution >= 0.6 is 0 Å². The summed E-state index contributed by atoms with van der Waals surface area (Å²) in [7, 11) is -4.00. The molecule has 3 aliphatic rings. The number of aliphatic hydroxyl groups excluding tert-OH is 1. The number of aliphatic hydroxyl groups is 1. The minimum atomic E-state index is -4.00. The number of sulfonamides is 1. The predicted octanol–water partition coefficient (Wildman–Crippen LogP) is 7.46. The average molecular weight is 752 g/mol. The van der Waals surface area contributed by atoms with Crippen LogP contribution in [0.2, 0.25) is 0 Å². The number of benzene rings is 4. The van der Waals surface area contributed by atoms with Gasteiger partial charge in [-0.3, -0.25) is 9.69 Å². The Balaban J connectivity index is 1.11. The number of aryl methyl sites for hydroxylation is 1. The number of rotatable bonds is 12. The Kier molecular flexibility index (Phi) is 11.1. The summed E-state index contributed by atoms with van der Waals surface area (Å²) in [6.45, 7) is 10.9. The van der Waals surface area contributed by atoms with Crippen molar-refractivity contribution in [1.29, 1.82) is 0 Å². The fourth-order valence-corrected chi connectivity index (χ4v) is 10.3. The number of fused-ring (bicyclic) bond motifs is 2. The van der Waals surface area contributed by atoms with Crippen LogP contribution in [0.5, 0.6) is 0 Å². The highest BCUT2D eigenvalue weighted by molar-refractivity contribution is 7.89. The van der Waals surface area contributed by atoms with Gasteiger partial charge in [0.2, 0.25) is 15.9 Å². The van der Waals surface area contributed by atoms with Crippen molar-refractivity contribution in [3.63, 3.8) is 0 Å². The van der Waals surface area contributed by atoms with Gasteiger partial charge in [-0.2, -0.15) is 4.72 Å². The lowest BCUT2D eigenvalue weighted by atomic mass is 9.65. The minimum Gasteiger partial charge on any atom is -0.392 e. The molecule has 3 N–H and O–H groups in total. The monoisotopic (exact) mass is 751 g/mol. The molecule has 1 aliphatic carbocycles. The third-order valence-electron chi connectivity index (χ3n) is 11.2. The second-order valence-corrected chi connectivity index (χ2v) is 18.5. The normalized spacial score (nSPS) is 25.9. The van der Waals surface area contributed by atoms with Gasteiger partial charge < -0.3 is 19.9 Å². The standard InChI is InChI=1S/C44H53N3O6S/c1-30-13-19-38(20-14-30)54(50,51)46-39(21-31-9-6-5-7-10-31)41(49)45-35-12-8-11-34(22-35)42-52-37(23-40(53-42)33-17-15-32(27-48)16-18-33)26-47-29-44(4)25-36(47)24-43(2,3)28-44/h5-20,22,36-37,39-40,42,46,48H,21,23-29H2,1-4H3,(H,45,49)/t36?,37-,39-,40+,42+,44?/m1/s1. The third kappa shape index (κ3) is 9.13.